The van der Waals surface area contributed by atoms with Crippen molar-refractivity contribution in [3.63, 3.8) is 0 Å². The van der Waals surface area contributed by atoms with Crippen LogP contribution in [0.1, 0.15) is 24.0 Å². The molecule has 28 heavy (non-hydrogen) atoms. The van der Waals surface area contributed by atoms with E-state index < -0.39 is 0 Å². The summed E-state index contributed by atoms with van der Waals surface area (Å²) in [6, 6.07) is 14.3. The highest BCUT2D eigenvalue weighted by Gasteiger charge is 2.28. The van der Waals surface area contributed by atoms with Crippen molar-refractivity contribution in [3.05, 3.63) is 59.8 Å². The van der Waals surface area contributed by atoms with Crippen LogP contribution in [0.5, 0.6) is 5.75 Å². The Morgan fingerprint density at radius 2 is 1.89 bits per heavy atom. The van der Waals surface area contributed by atoms with Crippen molar-refractivity contribution < 1.29 is 9.57 Å². The number of para-hydroxylation sites is 1. The van der Waals surface area contributed by atoms with Gasteiger partial charge in [0.1, 0.15) is 18.1 Å². The van der Waals surface area contributed by atoms with E-state index in [1.54, 1.807) is 7.11 Å². The van der Waals surface area contributed by atoms with Crippen LogP contribution in [0.4, 0.5) is 0 Å². The summed E-state index contributed by atoms with van der Waals surface area (Å²) < 4.78 is 5.45. The highest BCUT2D eigenvalue weighted by atomic mass is 16.6. The Balaban J connectivity index is 1.55. The number of methoxy groups -OCH3 is 1. The van der Waals surface area contributed by atoms with Gasteiger partial charge in [-0.15, -0.1) is 0 Å². The summed E-state index contributed by atoms with van der Waals surface area (Å²) in [5.74, 6) is 0.814. The number of pyridine rings is 1. The van der Waals surface area contributed by atoms with Gasteiger partial charge in [0.25, 0.3) is 0 Å². The number of nitrogens with zero attached hydrogens (tertiary/aromatic N) is 3. The number of aromatic nitrogens is 1. The number of ether oxygens (including phenoxy) is 1. The zero-order valence-corrected chi connectivity index (χ0v) is 16.0. The van der Waals surface area contributed by atoms with E-state index >= 15 is 0 Å². The first-order valence-corrected chi connectivity index (χ1v) is 9.84. The van der Waals surface area contributed by atoms with Crippen LogP contribution < -0.4 is 4.74 Å². The lowest BCUT2D eigenvalue weighted by atomic mass is 10.0. The molecule has 0 N–H and O–H groups in total. The zero-order chi connectivity index (χ0) is 18.9. The molecule has 0 spiro atoms. The molecule has 1 aliphatic heterocycles. The average molecular weight is 373 g/mol. The van der Waals surface area contributed by atoms with E-state index in [4.69, 9.17) is 9.57 Å². The van der Waals surface area contributed by atoms with Gasteiger partial charge >= 0.3 is 0 Å². The van der Waals surface area contributed by atoms with Gasteiger partial charge in [-0.3, -0.25) is 9.88 Å². The minimum Gasteiger partial charge on any atom is -0.497 e. The van der Waals surface area contributed by atoms with Crippen LogP contribution in [0.3, 0.4) is 0 Å². The predicted molar refractivity (Wildman–Crippen MR) is 111 cm³/mol. The SMILES string of the molecule is COc1ccc2c(c1)/C(=N\OCCN1CCCC1)c1c-2cnc2ccccc12. The summed E-state index contributed by atoms with van der Waals surface area (Å²) >= 11 is 0. The Hall–Kier alpha value is -2.92. The zero-order valence-electron chi connectivity index (χ0n) is 16.0. The van der Waals surface area contributed by atoms with E-state index in [2.05, 4.69) is 27.2 Å². The van der Waals surface area contributed by atoms with Crippen molar-refractivity contribution in [3.8, 4) is 16.9 Å². The molecule has 2 aliphatic rings. The van der Waals surface area contributed by atoms with Crippen LogP contribution in [0, 0.1) is 0 Å². The van der Waals surface area contributed by atoms with Crippen molar-refractivity contribution in [1.82, 2.24) is 9.88 Å². The molecular formula is C23H23N3O2. The van der Waals surface area contributed by atoms with Crippen molar-refractivity contribution >= 4 is 16.6 Å². The lowest BCUT2D eigenvalue weighted by Crippen LogP contribution is -2.23. The molecule has 1 saturated heterocycles. The third-order valence-electron chi connectivity index (χ3n) is 5.64. The smallest absolute Gasteiger partial charge is 0.129 e. The van der Waals surface area contributed by atoms with Gasteiger partial charge in [-0.25, -0.2) is 0 Å². The Kier molecular flexibility index (Phi) is 4.45. The summed E-state index contributed by atoms with van der Waals surface area (Å²) in [4.78, 5) is 12.9. The molecule has 1 fully saturated rings. The Morgan fingerprint density at radius 3 is 2.75 bits per heavy atom. The number of oxime groups is 1. The third-order valence-corrected chi connectivity index (χ3v) is 5.64. The van der Waals surface area contributed by atoms with E-state index in [9.17, 15) is 0 Å². The van der Waals surface area contributed by atoms with Crippen LogP contribution >= 0.6 is 0 Å². The van der Waals surface area contributed by atoms with E-state index in [0.29, 0.717) is 6.61 Å². The molecule has 0 radical (unpaired) electrons. The van der Waals surface area contributed by atoms with E-state index in [1.165, 1.54) is 25.9 Å². The minimum atomic E-state index is 0.598. The largest absolute Gasteiger partial charge is 0.497 e. The highest BCUT2D eigenvalue weighted by molar-refractivity contribution is 6.29. The molecule has 0 unspecified atom stereocenters. The van der Waals surface area contributed by atoms with Gasteiger partial charge in [-0.05, 0) is 55.8 Å². The first-order chi connectivity index (χ1) is 13.8. The minimum absolute atomic E-state index is 0.598. The third kappa shape index (κ3) is 2.92. The van der Waals surface area contributed by atoms with Gasteiger partial charge in [0.05, 0.1) is 12.6 Å². The van der Waals surface area contributed by atoms with Crippen molar-refractivity contribution in [2.75, 3.05) is 33.4 Å². The number of benzene rings is 2. The fourth-order valence-electron chi connectivity index (χ4n) is 4.20. The molecule has 0 saturated carbocycles. The Bertz CT molecular complexity index is 1050. The predicted octanol–water partition coefficient (Wildman–Crippen LogP) is 4.09. The molecule has 0 amide bonds. The fraction of sp³-hybridized carbons (Fsp3) is 0.304. The first-order valence-electron chi connectivity index (χ1n) is 9.84. The molecule has 2 heterocycles. The van der Waals surface area contributed by atoms with Gasteiger partial charge in [-0.1, -0.05) is 23.4 Å². The summed E-state index contributed by atoms with van der Waals surface area (Å²) in [5.41, 5.74) is 6.17. The maximum Gasteiger partial charge on any atom is 0.129 e. The Morgan fingerprint density at radius 1 is 1.04 bits per heavy atom. The van der Waals surface area contributed by atoms with E-state index in [1.807, 2.05) is 36.5 Å². The second-order valence-electron chi connectivity index (χ2n) is 7.30. The lowest BCUT2D eigenvalue weighted by Gasteiger charge is -2.13. The summed E-state index contributed by atoms with van der Waals surface area (Å²) in [6.07, 6.45) is 4.51. The maximum atomic E-state index is 5.80. The molecule has 1 aromatic heterocycles. The average Bonchev–Trinajstić information content (AvgIpc) is 3.37. The number of rotatable bonds is 5. The molecule has 3 aromatic rings. The van der Waals surface area contributed by atoms with Gasteiger partial charge in [-0.2, -0.15) is 0 Å². The van der Waals surface area contributed by atoms with Gasteiger partial charge < -0.3 is 9.57 Å². The molecule has 2 aromatic carbocycles. The van der Waals surface area contributed by atoms with Crippen LogP contribution in [-0.4, -0.2) is 48.9 Å². The van der Waals surface area contributed by atoms with Gasteiger partial charge in [0.2, 0.25) is 0 Å². The fourth-order valence-corrected chi connectivity index (χ4v) is 4.20. The molecule has 5 rings (SSSR count). The number of hydrogen-bond acceptors (Lipinski definition) is 5. The Labute approximate surface area is 164 Å². The molecule has 5 heteroatoms. The second kappa shape index (κ2) is 7.24. The number of fused-ring (bicyclic) bond motifs is 5. The number of hydrogen-bond donors (Lipinski definition) is 0. The topological polar surface area (TPSA) is 47.0 Å². The highest BCUT2D eigenvalue weighted by Crippen LogP contribution is 2.41. The lowest BCUT2D eigenvalue weighted by molar-refractivity contribution is 0.119. The van der Waals surface area contributed by atoms with Crippen LogP contribution in [0.2, 0.25) is 0 Å². The van der Waals surface area contributed by atoms with Crippen LogP contribution in [0.15, 0.2) is 53.8 Å². The molecule has 142 valence electrons. The monoisotopic (exact) mass is 373 g/mol. The first kappa shape index (κ1) is 17.2. The van der Waals surface area contributed by atoms with Crippen molar-refractivity contribution in [2.24, 2.45) is 5.16 Å². The van der Waals surface area contributed by atoms with Gasteiger partial charge in [0, 0.05) is 34.8 Å². The van der Waals surface area contributed by atoms with Crippen molar-refractivity contribution in [2.45, 2.75) is 12.8 Å². The van der Waals surface area contributed by atoms with Crippen LogP contribution in [0.25, 0.3) is 22.0 Å². The van der Waals surface area contributed by atoms with E-state index in [-0.39, 0.29) is 0 Å². The van der Waals surface area contributed by atoms with E-state index in [0.717, 1.165) is 51.2 Å². The standard InChI is InChI=1S/C23H23N3O2/c1-27-16-8-9-17-19(14-16)23(25-28-13-12-26-10-4-5-11-26)22-18-6-2-3-7-21(18)24-15-20(17)22/h2-3,6-9,14-15H,4-5,10-13H2,1H3/b25-23+. The molecule has 0 bridgehead atoms. The summed E-state index contributed by atoms with van der Waals surface area (Å²) in [6.45, 7) is 3.85. The van der Waals surface area contributed by atoms with Crippen molar-refractivity contribution in [1.29, 1.82) is 0 Å². The maximum absolute atomic E-state index is 5.80. The summed E-state index contributed by atoms with van der Waals surface area (Å²) in [5, 5.41) is 5.69. The molecule has 1 aliphatic carbocycles. The number of likely N-dealkylation sites (tertiary alicyclic amines) is 1. The molecule has 0 atom stereocenters. The quantitative estimate of drug-likeness (QED) is 0.390. The molecular weight excluding hydrogens is 350 g/mol. The van der Waals surface area contributed by atoms with Gasteiger partial charge in [0.15, 0.2) is 0 Å². The van der Waals surface area contributed by atoms with Crippen LogP contribution in [-0.2, 0) is 4.84 Å². The molecule has 5 nitrogen and oxygen atoms in total. The summed E-state index contributed by atoms with van der Waals surface area (Å²) in [7, 11) is 1.68. The second-order valence-corrected chi connectivity index (χ2v) is 7.30. The normalized spacial score (nSPS) is 17.1.